The summed E-state index contributed by atoms with van der Waals surface area (Å²) in [6, 6.07) is 17.6. The molecule has 1 N–H and O–H groups in total. The van der Waals surface area contributed by atoms with E-state index in [1.807, 2.05) is 62.4 Å². The summed E-state index contributed by atoms with van der Waals surface area (Å²) in [4.78, 5) is 16.9. The zero-order chi connectivity index (χ0) is 17.8. The van der Waals surface area contributed by atoms with Crippen LogP contribution in [0.15, 0.2) is 60.8 Å². The fourth-order valence-corrected chi connectivity index (χ4v) is 2.83. The van der Waals surface area contributed by atoms with Crippen molar-refractivity contribution in [3.8, 4) is 5.75 Å². The van der Waals surface area contributed by atoms with Crippen LogP contribution in [0.5, 0.6) is 5.75 Å². The molecular weight excluding hydrogens is 312 g/mol. The van der Waals surface area contributed by atoms with Crippen molar-refractivity contribution in [3.05, 3.63) is 72.1 Å². The van der Waals surface area contributed by atoms with E-state index < -0.39 is 0 Å². The Bertz CT molecular complexity index is 877. The first-order chi connectivity index (χ1) is 12.1. The smallest absolute Gasteiger partial charge is 0.227 e. The summed E-state index contributed by atoms with van der Waals surface area (Å²) in [7, 11) is 1.66. The normalized spacial score (nSPS) is 13.2. The Kier molecular flexibility index (Phi) is 4.98. The van der Waals surface area contributed by atoms with E-state index in [9.17, 15) is 4.79 Å². The van der Waals surface area contributed by atoms with Crippen LogP contribution < -0.4 is 10.1 Å². The van der Waals surface area contributed by atoms with Crippen LogP contribution in [0, 0.1) is 0 Å². The molecule has 1 heterocycles. The first kappa shape index (κ1) is 17.0. The summed E-state index contributed by atoms with van der Waals surface area (Å²) in [5.74, 6) is 0.582. The average molecular weight is 334 g/mol. The van der Waals surface area contributed by atoms with Gasteiger partial charge in [-0.1, -0.05) is 30.3 Å². The molecule has 0 radical (unpaired) electrons. The molecule has 3 aromatic rings. The first-order valence-corrected chi connectivity index (χ1v) is 8.37. The number of methoxy groups -OCH3 is 1. The molecule has 0 unspecified atom stereocenters. The largest absolute Gasteiger partial charge is 0.497 e. The summed E-state index contributed by atoms with van der Waals surface area (Å²) < 4.78 is 5.25. The standard InChI is InChI=1S/C21H22N2O2/c1-14(21(24)23-15(2)20-6-4-5-11-22-20)16-7-8-18-13-19(25-3)10-9-17(18)12-16/h4-15H,1-3H3,(H,23,24)/t14-,15+/m1/s1. The summed E-state index contributed by atoms with van der Waals surface area (Å²) in [5, 5.41) is 5.23. The third-order valence-electron chi connectivity index (χ3n) is 4.45. The van der Waals surface area contributed by atoms with E-state index in [1.165, 1.54) is 0 Å². The van der Waals surface area contributed by atoms with Crippen molar-refractivity contribution in [1.29, 1.82) is 0 Å². The summed E-state index contributed by atoms with van der Waals surface area (Å²) in [5.41, 5.74) is 1.84. The van der Waals surface area contributed by atoms with Gasteiger partial charge in [-0.15, -0.1) is 0 Å². The summed E-state index contributed by atoms with van der Waals surface area (Å²) in [6.07, 6.45) is 1.74. The van der Waals surface area contributed by atoms with E-state index in [2.05, 4.69) is 16.4 Å². The van der Waals surface area contributed by atoms with Crippen LogP contribution in [0.25, 0.3) is 10.8 Å². The highest BCUT2D eigenvalue weighted by Gasteiger charge is 2.18. The van der Waals surface area contributed by atoms with Crippen molar-refractivity contribution < 1.29 is 9.53 Å². The maximum absolute atomic E-state index is 12.6. The number of carbonyl (C=O) groups excluding carboxylic acids is 1. The second-order valence-electron chi connectivity index (χ2n) is 6.18. The van der Waals surface area contributed by atoms with Gasteiger partial charge in [0.1, 0.15) is 5.75 Å². The number of amides is 1. The van der Waals surface area contributed by atoms with Gasteiger partial charge in [0.25, 0.3) is 0 Å². The number of nitrogens with zero attached hydrogens (tertiary/aromatic N) is 1. The highest BCUT2D eigenvalue weighted by Crippen LogP contribution is 2.25. The molecule has 4 nitrogen and oxygen atoms in total. The van der Waals surface area contributed by atoms with Crippen LogP contribution in [-0.4, -0.2) is 18.0 Å². The van der Waals surface area contributed by atoms with E-state index in [4.69, 9.17) is 4.74 Å². The molecule has 25 heavy (non-hydrogen) atoms. The fourth-order valence-electron chi connectivity index (χ4n) is 2.83. The lowest BCUT2D eigenvalue weighted by atomic mass is 9.96. The lowest BCUT2D eigenvalue weighted by Crippen LogP contribution is -2.30. The molecule has 3 rings (SSSR count). The molecule has 1 aromatic heterocycles. The van der Waals surface area contributed by atoms with E-state index >= 15 is 0 Å². The Hall–Kier alpha value is -2.88. The van der Waals surface area contributed by atoms with E-state index in [0.717, 1.165) is 27.8 Å². The van der Waals surface area contributed by atoms with Crippen molar-refractivity contribution >= 4 is 16.7 Å². The summed E-state index contributed by atoms with van der Waals surface area (Å²) >= 11 is 0. The number of aromatic nitrogens is 1. The van der Waals surface area contributed by atoms with E-state index in [-0.39, 0.29) is 17.9 Å². The summed E-state index contributed by atoms with van der Waals surface area (Å²) in [6.45, 7) is 3.87. The second kappa shape index (κ2) is 7.34. The van der Waals surface area contributed by atoms with Crippen molar-refractivity contribution in [2.75, 3.05) is 7.11 Å². The molecule has 2 aromatic carbocycles. The number of ether oxygens (including phenoxy) is 1. The minimum atomic E-state index is -0.238. The van der Waals surface area contributed by atoms with Gasteiger partial charge in [0, 0.05) is 6.20 Å². The Morgan fingerprint density at radius 3 is 2.52 bits per heavy atom. The molecule has 0 saturated heterocycles. The molecule has 1 amide bonds. The van der Waals surface area contributed by atoms with Gasteiger partial charge in [0.05, 0.1) is 24.8 Å². The third kappa shape index (κ3) is 3.79. The van der Waals surface area contributed by atoms with Gasteiger partial charge >= 0.3 is 0 Å². The number of rotatable bonds is 5. The molecule has 0 aliphatic heterocycles. The number of hydrogen-bond donors (Lipinski definition) is 1. The molecule has 0 aliphatic carbocycles. The van der Waals surface area contributed by atoms with Gasteiger partial charge in [-0.25, -0.2) is 0 Å². The van der Waals surface area contributed by atoms with Crippen LogP contribution in [0.4, 0.5) is 0 Å². The van der Waals surface area contributed by atoms with Gasteiger partial charge in [0.2, 0.25) is 5.91 Å². The maximum atomic E-state index is 12.6. The van der Waals surface area contributed by atoms with Crippen molar-refractivity contribution in [2.45, 2.75) is 25.8 Å². The molecular formula is C21H22N2O2. The molecule has 128 valence electrons. The predicted molar refractivity (Wildman–Crippen MR) is 99.7 cm³/mol. The minimum absolute atomic E-state index is 0.00832. The highest BCUT2D eigenvalue weighted by molar-refractivity contribution is 5.88. The first-order valence-electron chi connectivity index (χ1n) is 8.37. The zero-order valence-electron chi connectivity index (χ0n) is 14.7. The molecule has 2 atom stereocenters. The van der Waals surface area contributed by atoms with E-state index in [0.29, 0.717) is 0 Å². The van der Waals surface area contributed by atoms with Crippen LogP contribution >= 0.6 is 0 Å². The number of carbonyl (C=O) groups is 1. The molecule has 0 saturated carbocycles. The van der Waals surface area contributed by atoms with Gasteiger partial charge in [-0.2, -0.15) is 0 Å². The van der Waals surface area contributed by atoms with Crippen molar-refractivity contribution in [1.82, 2.24) is 10.3 Å². The Balaban J connectivity index is 1.76. The molecule has 0 bridgehead atoms. The van der Waals surface area contributed by atoms with Crippen LogP contribution in [0.3, 0.4) is 0 Å². The Morgan fingerprint density at radius 1 is 1.04 bits per heavy atom. The van der Waals surface area contributed by atoms with Gasteiger partial charge in [0.15, 0.2) is 0 Å². The number of benzene rings is 2. The number of pyridine rings is 1. The van der Waals surface area contributed by atoms with Gasteiger partial charge in [-0.3, -0.25) is 9.78 Å². The Morgan fingerprint density at radius 2 is 1.80 bits per heavy atom. The lowest BCUT2D eigenvalue weighted by Gasteiger charge is -2.18. The topological polar surface area (TPSA) is 51.2 Å². The predicted octanol–water partition coefficient (Wildman–Crippen LogP) is 4.22. The van der Waals surface area contributed by atoms with Gasteiger partial charge in [-0.05, 0) is 54.4 Å². The monoisotopic (exact) mass is 334 g/mol. The van der Waals surface area contributed by atoms with Crippen LogP contribution in [-0.2, 0) is 4.79 Å². The molecule has 0 fully saturated rings. The van der Waals surface area contributed by atoms with E-state index in [1.54, 1.807) is 13.3 Å². The minimum Gasteiger partial charge on any atom is -0.497 e. The SMILES string of the molecule is COc1ccc2cc([C@@H](C)C(=O)N[C@@H](C)c3ccccn3)ccc2c1. The quantitative estimate of drug-likeness (QED) is 0.760. The Labute approximate surface area is 147 Å². The highest BCUT2D eigenvalue weighted by atomic mass is 16.5. The molecule has 4 heteroatoms. The number of nitrogens with one attached hydrogen (secondary N) is 1. The van der Waals surface area contributed by atoms with Crippen LogP contribution in [0.2, 0.25) is 0 Å². The molecule has 0 aliphatic rings. The maximum Gasteiger partial charge on any atom is 0.227 e. The number of fused-ring (bicyclic) bond motifs is 1. The molecule has 0 spiro atoms. The van der Waals surface area contributed by atoms with Crippen LogP contribution in [0.1, 0.15) is 37.1 Å². The average Bonchev–Trinajstić information content (AvgIpc) is 2.67. The van der Waals surface area contributed by atoms with Gasteiger partial charge < -0.3 is 10.1 Å². The van der Waals surface area contributed by atoms with Crippen molar-refractivity contribution in [2.24, 2.45) is 0 Å². The van der Waals surface area contributed by atoms with Crippen molar-refractivity contribution in [3.63, 3.8) is 0 Å². The second-order valence-corrected chi connectivity index (χ2v) is 6.18. The fraction of sp³-hybridized carbons (Fsp3) is 0.238. The third-order valence-corrected chi connectivity index (χ3v) is 4.45. The number of hydrogen-bond acceptors (Lipinski definition) is 3. The zero-order valence-corrected chi connectivity index (χ0v) is 14.7. The lowest BCUT2D eigenvalue weighted by molar-refractivity contribution is -0.122.